The van der Waals surface area contributed by atoms with E-state index >= 15 is 0 Å². The number of rotatable bonds is 2. The molecule has 1 aromatic carbocycles. The van der Waals surface area contributed by atoms with E-state index in [1.54, 1.807) is 12.1 Å². The molecule has 0 saturated carbocycles. The van der Waals surface area contributed by atoms with Crippen molar-refractivity contribution in [2.45, 2.75) is 6.92 Å². The van der Waals surface area contributed by atoms with Crippen LogP contribution in [0.2, 0.25) is 0 Å². The average molecular weight is 330 g/mol. The molecule has 0 aliphatic carbocycles. The van der Waals surface area contributed by atoms with Crippen molar-refractivity contribution < 1.29 is 12.9 Å². The summed E-state index contributed by atoms with van der Waals surface area (Å²) in [6.07, 6.45) is 0. The predicted molar refractivity (Wildman–Crippen MR) is 58.0 cm³/mol. The Labute approximate surface area is 95.2 Å². The normalized spacial score (nSPS) is 12.6. The zero-order valence-electron chi connectivity index (χ0n) is 6.58. The molecule has 0 radical (unpaired) electrons. The van der Waals surface area contributed by atoms with Crippen LogP contribution in [0.4, 0.5) is 0 Å². The quantitative estimate of drug-likeness (QED) is 0.848. The number of hydrogen-bond acceptors (Lipinski definition) is 2. The highest BCUT2D eigenvalue weighted by Crippen LogP contribution is 2.31. The van der Waals surface area contributed by atoms with Gasteiger partial charge in [-0.3, -0.25) is 4.55 Å². The Morgan fingerprint density at radius 1 is 1.38 bits per heavy atom. The van der Waals surface area contributed by atoms with Crippen LogP contribution >= 0.6 is 31.9 Å². The summed E-state index contributed by atoms with van der Waals surface area (Å²) in [7, 11) is 0. The molecule has 1 unspecified atom stereocenters. The van der Waals surface area contributed by atoms with Gasteiger partial charge in [0.2, 0.25) is 0 Å². The Kier molecular flexibility index (Phi) is 3.90. The van der Waals surface area contributed by atoms with E-state index in [4.69, 9.17) is 4.55 Å². The lowest BCUT2D eigenvalue weighted by Gasteiger charge is -2.05. The van der Waals surface area contributed by atoms with Gasteiger partial charge < -0.3 is 4.18 Å². The van der Waals surface area contributed by atoms with Crippen LogP contribution in [0.15, 0.2) is 21.1 Å². The molecule has 0 aromatic heterocycles. The standard InChI is InChI=1S/C7H6Br2O3S/c1-4-2-6(9)7(3-5(4)8)12-13(10)11/h2-3H,1H3,(H,10,11). The van der Waals surface area contributed by atoms with Crippen molar-refractivity contribution in [2.75, 3.05) is 0 Å². The van der Waals surface area contributed by atoms with Crippen LogP contribution in [0.1, 0.15) is 5.56 Å². The smallest absolute Gasteiger partial charge is 0.357 e. The zero-order chi connectivity index (χ0) is 10.0. The molecule has 13 heavy (non-hydrogen) atoms. The first-order chi connectivity index (χ1) is 6.00. The van der Waals surface area contributed by atoms with Gasteiger partial charge in [-0.1, -0.05) is 15.9 Å². The van der Waals surface area contributed by atoms with Crippen molar-refractivity contribution in [1.82, 2.24) is 0 Å². The first-order valence-corrected chi connectivity index (χ1v) is 5.87. The van der Waals surface area contributed by atoms with Gasteiger partial charge in [-0.15, -0.1) is 0 Å². The second kappa shape index (κ2) is 4.54. The summed E-state index contributed by atoms with van der Waals surface area (Å²) in [5.41, 5.74) is 1.02. The molecular weight excluding hydrogens is 324 g/mol. The summed E-state index contributed by atoms with van der Waals surface area (Å²) in [6.45, 7) is 1.91. The van der Waals surface area contributed by atoms with Gasteiger partial charge in [0.05, 0.1) is 4.47 Å². The van der Waals surface area contributed by atoms with Gasteiger partial charge in [-0.2, -0.15) is 4.21 Å². The highest BCUT2D eigenvalue weighted by molar-refractivity contribution is 9.11. The molecule has 0 saturated heterocycles. The monoisotopic (exact) mass is 328 g/mol. The maximum Gasteiger partial charge on any atom is 0.357 e. The maximum absolute atomic E-state index is 10.4. The fraction of sp³-hybridized carbons (Fsp3) is 0.143. The molecule has 3 nitrogen and oxygen atoms in total. The molecule has 0 bridgehead atoms. The Bertz CT molecular complexity index is 354. The van der Waals surface area contributed by atoms with Gasteiger partial charge in [-0.25, -0.2) is 0 Å². The van der Waals surface area contributed by atoms with Crippen molar-refractivity contribution >= 4 is 43.2 Å². The number of benzene rings is 1. The predicted octanol–water partition coefficient (Wildman–Crippen LogP) is 3.04. The Hall–Kier alpha value is 0.0900. The van der Waals surface area contributed by atoms with E-state index in [1.807, 2.05) is 6.92 Å². The van der Waals surface area contributed by atoms with Gasteiger partial charge >= 0.3 is 11.4 Å². The van der Waals surface area contributed by atoms with E-state index in [2.05, 4.69) is 36.0 Å². The van der Waals surface area contributed by atoms with E-state index in [1.165, 1.54) is 0 Å². The SMILES string of the molecule is Cc1cc(Br)c(OS(=O)O)cc1Br. The lowest BCUT2D eigenvalue weighted by Crippen LogP contribution is -1.98. The molecule has 6 heteroatoms. The van der Waals surface area contributed by atoms with Crippen LogP contribution in [0.3, 0.4) is 0 Å². The molecule has 0 heterocycles. The summed E-state index contributed by atoms with van der Waals surface area (Å²) in [6, 6.07) is 3.43. The van der Waals surface area contributed by atoms with Crippen LogP contribution in [0.5, 0.6) is 5.75 Å². The first-order valence-electron chi connectivity index (χ1n) is 3.25. The zero-order valence-corrected chi connectivity index (χ0v) is 10.6. The molecule has 1 N–H and O–H groups in total. The number of halogens is 2. The fourth-order valence-electron chi connectivity index (χ4n) is 0.769. The van der Waals surface area contributed by atoms with E-state index < -0.39 is 11.4 Å². The maximum atomic E-state index is 10.4. The Morgan fingerprint density at radius 2 is 2.00 bits per heavy atom. The molecule has 0 aliphatic heterocycles. The molecule has 72 valence electrons. The summed E-state index contributed by atoms with van der Waals surface area (Å²) >= 11 is 4.21. The van der Waals surface area contributed by atoms with Crippen molar-refractivity contribution in [3.63, 3.8) is 0 Å². The minimum atomic E-state index is -2.29. The van der Waals surface area contributed by atoms with Gasteiger partial charge in [0, 0.05) is 4.47 Å². The first kappa shape index (κ1) is 11.2. The molecule has 1 rings (SSSR count). The van der Waals surface area contributed by atoms with Crippen LogP contribution in [-0.2, 0) is 11.4 Å². The molecule has 0 spiro atoms. The van der Waals surface area contributed by atoms with Crippen LogP contribution in [0.25, 0.3) is 0 Å². The van der Waals surface area contributed by atoms with E-state index in [-0.39, 0.29) is 0 Å². The summed E-state index contributed by atoms with van der Waals surface area (Å²) in [5.74, 6) is 0.332. The molecule has 1 atom stereocenters. The van der Waals surface area contributed by atoms with E-state index in [0.29, 0.717) is 10.2 Å². The third-order valence-electron chi connectivity index (χ3n) is 1.37. The van der Waals surface area contributed by atoms with E-state index in [9.17, 15) is 4.21 Å². The van der Waals surface area contributed by atoms with Crippen LogP contribution < -0.4 is 4.18 Å². The summed E-state index contributed by atoms with van der Waals surface area (Å²) in [4.78, 5) is 0. The van der Waals surface area contributed by atoms with Gasteiger partial charge in [0.1, 0.15) is 0 Å². The third kappa shape index (κ3) is 3.05. The highest BCUT2D eigenvalue weighted by atomic mass is 79.9. The summed E-state index contributed by atoms with van der Waals surface area (Å²) < 4.78 is 25.0. The van der Waals surface area contributed by atoms with Crippen molar-refractivity contribution in [3.8, 4) is 5.75 Å². The minimum Gasteiger partial charge on any atom is -0.379 e. The van der Waals surface area contributed by atoms with Crippen molar-refractivity contribution in [2.24, 2.45) is 0 Å². The number of aryl methyl sites for hydroxylation is 1. The van der Waals surface area contributed by atoms with Gasteiger partial charge in [0.25, 0.3) is 0 Å². The molecule has 0 aliphatic rings. The van der Waals surface area contributed by atoms with Crippen molar-refractivity contribution in [3.05, 3.63) is 26.6 Å². The Balaban J connectivity index is 3.08. The molecular formula is C7H6Br2O3S. The van der Waals surface area contributed by atoms with E-state index in [0.717, 1.165) is 10.0 Å². The van der Waals surface area contributed by atoms with Gasteiger partial charge in [-0.05, 0) is 40.5 Å². The second-order valence-corrected chi connectivity index (χ2v) is 4.64. The molecule has 1 aromatic rings. The lowest BCUT2D eigenvalue weighted by atomic mass is 10.2. The molecule has 0 fully saturated rings. The van der Waals surface area contributed by atoms with Crippen LogP contribution in [-0.4, -0.2) is 8.76 Å². The summed E-state index contributed by atoms with van der Waals surface area (Å²) in [5, 5.41) is 0. The highest BCUT2D eigenvalue weighted by Gasteiger charge is 2.07. The van der Waals surface area contributed by atoms with Crippen LogP contribution in [0, 0.1) is 6.92 Å². The fourth-order valence-corrected chi connectivity index (χ4v) is 2.03. The number of hydrogen-bond donors (Lipinski definition) is 1. The second-order valence-electron chi connectivity index (χ2n) is 2.33. The Morgan fingerprint density at radius 3 is 2.54 bits per heavy atom. The topological polar surface area (TPSA) is 46.5 Å². The molecule has 0 amide bonds. The average Bonchev–Trinajstić information content (AvgIpc) is 1.99. The third-order valence-corrected chi connectivity index (χ3v) is 3.17. The lowest BCUT2D eigenvalue weighted by molar-refractivity contribution is 0.456. The van der Waals surface area contributed by atoms with Gasteiger partial charge in [0.15, 0.2) is 5.75 Å². The largest absolute Gasteiger partial charge is 0.379 e. The van der Waals surface area contributed by atoms with Crippen molar-refractivity contribution in [1.29, 1.82) is 0 Å². The minimum absolute atomic E-state index is 0.332.